The van der Waals surface area contributed by atoms with Crippen molar-refractivity contribution in [2.24, 2.45) is 0 Å². The number of ether oxygens (including phenoxy) is 1. The minimum absolute atomic E-state index is 0.0612. The molecule has 2 aromatic rings. The van der Waals surface area contributed by atoms with Gasteiger partial charge in [0, 0.05) is 32.4 Å². The van der Waals surface area contributed by atoms with E-state index in [1.165, 1.54) is 0 Å². The summed E-state index contributed by atoms with van der Waals surface area (Å²) >= 11 is 0. The molecule has 0 radical (unpaired) electrons. The van der Waals surface area contributed by atoms with Crippen molar-refractivity contribution in [2.45, 2.75) is 31.8 Å². The van der Waals surface area contributed by atoms with Crippen LogP contribution >= 0.6 is 0 Å². The molecule has 1 aliphatic rings. The molecule has 0 aliphatic carbocycles. The monoisotopic (exact) mass is 343 g/mol. The molecule has 1 aromatic heterocycles. The highest BCUT2D eigenvalue weighted by atomic mass is 16.5. The molecule has 1 atom stereocenters. The molecular weight excluding hydrogens is 318 g/mol. The van der Waals surface area contributed by atoms with Crippen molar-refractivity contribution >= 4 is 5.91 Å². The van der Waals surface area contributed by atoms with E-state index in [1.807, 2.05) is 22.8 Å². The van der Waals surface area contributed by atoms with Gasteiger partial charge in [0.25, 0.3) is 5.91 Å². The zero-order chi connectivity index (χ0) is 17.5. The largest absolute Gasteiger partial charge is 0.385 e. The van der Waals surface area contributed by atoms with E-state index in [-0.39, 0.29) is 5.91 Å². The fourth-order valence-electron chi connectivity index (χ4n) is 3.22. The van der Waals surface area contributed by atoms with Gasteiger partial charge in [0.15, 0.2) is 5.82 Å². The van der Waals surface area contributed by atoms with Gasteiger partial charge in [-0.2, -0.15) is 0 Å². The molecule has 0 saturated carbocycles. The molecule has 2 N–H and O–H groups in total. The van der Waals surface area contributed by atoms with Crippen LogP contribution < -0.4 is 10.6 Å². The SMILES string of the molecule is COCCCn1cnnc1CNC(=O)c1ccccc1C1CCNC1. The van der Waals surface area contributed by atoms with Crippen molar-refractivity contribution in [3.63, 3.8) is 0 Å². The third-order valence-electron chi connectivity index (χ3n) is 4.56. The van der Waals surface area contributed by atoms with Crippen LogP contribution in [0.3, 0.4) is 0 Å². The van der Waals surface area contributed by atoms with Crippen LogP contribution in [0, 0.1) is 0 Å². The molecule has 1 saturated heterocycles. The van der Waals surface area contributed by atoms with Crippen molar-refractivity contribution in [2.75, 3.05) is 26.8 Å². The molecule has 1 unspecified atom stereocenters. The Balaban J connectivity index is 1.63. The second-order valence-electron chi connectivity index (χ2n) is 6.25. The summed E-state index contributed by atoms with van der Waals surface area (Å²) in [6.45, 7) is 3.76. The molecule has 0 spiro atoms. The van der Waals surface area contributed by atoms with Crippen LogP contribution in [-0.2, 0) is 17.8 Å². The Morgan fingerprint density at radius 3 is 3.12 bits per heavy atom. The Bertz CT molecular complexity index is 694. The fraction of sp³-hybridized carbons (Fsp3) is 0.500. The van der Waals surface area contributed by atoms with Crippen LogP contribution in [0.15, 0.2) is 30.6 Å². The number of hydrogen-bond donors (Lipinski definition) is 2. The Morgan fingerprint density at radius 1 is 1.44 bits per heavy atom. The summed E-state index contributed by atoms with van der Waals surface area (Å²) in [7, 11) is 1.69. The number of aryl methyl sites for hydroxylation is 1. The summed E-state index contributed by atoms with van der Waals surface area (Å²) < 4.78 is 7.02. The number of carbonyl (C=O) groups excluding carboxylic acids is 1. The fourth-order valence-corrected chi connectivity index (χ4v) is 3.22. The first-order valence-electron chi connectivity index (χ1n) is 8.73. The number of amides is 1. The highest BCUT2D eigenvalue weighted by Gasteiger charge is 2.22. The van der Waals surface area contributed by atoms with E-state index in [0.717, 1.165) is 49.4 Å². The molecule has 1 fully saturated rings. The lowest BCUT2D eigenvalue weighted by Crippen LogP contribution is -2.26. The van der Waals surface area contributed by atoms with E-state index in [9.17, 15) is 4.79 Å². The third-order valence-corrected chi connectivity index (χ3v) is 4.56. The van der Waals surface area contributed by atoms with Crippen LogP contribution in [0.2, 0.25) is 0 Å². The predicted molar refractivity (Wildman–Crippen MR) is 94.4 cm³/mol. The van der Waals surface area contributed by atoms with E-state index in [2.05, 4.69) is 26.9 Å². The Labute approximate surface area is 147 Å². The predicted octanol–water partition coefficient (Wildman–Crippen LogP) is 1.32. The summed E-state index contributed by atoms with van der Waals surface area (Å²) in [5.41, 5.74) is 1.87. The van der Waals surface area contributed by atoms with Gasteiger partial charge in [0.05, 0.1) is 6.54 Å². The van der Waals surface area contributed by atoms with E-state index in [4.69, 9.17) is 4.74 Å². The lowest BCUT2D eigenvalue weighted by molar-refractivity contribution is 0.0948. The van der Waals surface area contributed by atoms with E-state index in [1.54, 1.807) is 13.4 Å². The second kappa shape index (κ2) is 8.73. The topological polar surface area (TPSA) is 81.1 Å². The van der Waals surface area contributed by atoms with E-state index < -0.39 is 0 Å². The summed E-state index contributed by atoms with van der Waals surface area (Å²) in [6.07, 6.45) is 3.64. The van der Waals surface area contributed by atoms with Gasteiger partial charge in [-0.15, -0.1) is 10.2 Å². The maximum Gasteiger partial charge on any atom is 0.251 e. The molecule has 2 heterocycles. The molecule has 7 heteroatoms. The Kier molecular flexibility index (Phi) is 6.14. The van der Waals surface area contributed by atoms with Gasteiger partial charge < -0.3 is 19.9 Å². The van der Waals surface area contributed by atoms with Crippen molar-refractivity contribution in [1.29, 1.82) is 0 Å². The van der Waals surface area contributed by atoms with Gasteiger partial charge in [-0.1, -0.05) is 18.2 Å². The van der Waals surface area contributed by atoms with Gasteiger partial charge in [-0.3, -0.25) is 4.79 Å². The maximum absolute atomic E-state index is 12.7. The third kappa shape index (κ3) is 4.43. The van der Waals surface area contributed by atoms with Gasteiger partial charge in [0.2, 0.25) is 0 Å². The number of methoxy groups -OCH3 is 1. The highest BCUT2D eigenvalue weighted by molar-refractivity contribution is 5.95. The molecule has 1 aromatic carbocycles. The smallest absolute Gasteiger partial charge is 0.251 e. The lowest BCUT2D eigenvalue weighted by Gasteiger charge is -2.14. The summed E-state index contributed by atoms with van der Waals surface area (Å²) in [5, 5.41) is 14.4. The van der Waals surface area contributed by atoms with Gasteiger partial charge >= 0.3 is 0 Å². The molecule has 1 aliphatic heterocycles. The van der Waals surface area contributed by atoms with Gasteiger partial charge in [-0.05, 0) is 36.9 Å². The van der Waals surface area contributed by atoms with Crippen molar-refractivity contribution < 1.29 is 9.53 Å². The minimum atomic E-state index is -0.0612. The maximum atomic E-state index is 12.7. The normalized spacial score (nSPS) is 16.9. The van der Waals surface area contributed by atoms with Gasteiger partial charge in [-0.25, -0.2) is 0 Å². The molecule has 0 bridgehead atoms. The van der Waals surface area contributed by atoms with Crippen LogP contribution in [0.4, 0.5) is 0 Å². The summed E-state index contributed by atoms with van der Waals surface area (Å²) in [4.78, 5) is 12.7. The molecule has 3 rings (SSSR count). The first-order chi connectivity index (χ1) is 12.3. The van der Waals surface area contributed by atoms with Crippen molar-refractivity contribution in [1.82, 2.24) is 25.4 Å². The highest BCUT2D eigenvalue weighted by Crippen LogP contribution is 2.25. The first-order valence-corrected chi connectivity index (χ1v) is 8.73. The average molecular weight is 343 g/mol. The van der Waals surface area contributed by atoms with Crippen LogP contribution in [-0.4, -0.2) is 47.5 Å². The molecular formula is C18H25N5O2. The van der Waals surface area contributed by atoms with E-state index in [0.29, 0.717) is 19.1 Å². The number of rotatable bonds is 8. The first kappa shape index (κ1) is 17.6. The number of carbonyl (C=O) groups is 1. The zero-order valence-corrected chi connectivity index (χ0v) is 14.6. The zero-order valence-electron chi connectivity index (χ0n) is 14.6. The van der Waals surface area contributed by atoms with Crippen LogP contribution in [0.5, 0.6) is 0 Å². The second-order valence-corrected chi connectivity index (χ2v) is 6.25. The van der Waals surface area contributed by atoms with Crippen molar-refractivity contribution in [3.05, 3.63) is 47.5 Å². The number of hydrogen-bond acceptors (Lipinski definition) is 5. The van der Waals surface area contributed by atoms with Gasteiger partial charge in [0.1, 0.15) is 6.33 Å². The summed E-state index contributed by atoms with van der Waals surface area (Å²) in [5.74, 6) is 1.10. The van der Waals surface area contributed by atoms with E-state index >= 15 is 0 Å². The average Bonchev–Trinajstić information content (AvgIpc) is 3.32. The number of nitrogens with one attached hydrogen (secondary N) is 2. The Hall–Kier alpha value is -2.25. The van der Waals surface area contributed by atoms with Crippen molar-refractivity contribution in [3.8, 4) is 0 Å². The Morgan fingerprint density at radius 2 is 2.32 bits per heavy atom. The molecule has 7 nitrogen and oxygen atoms in total. The summed E-state index contributed by atoms with van der Waals surface area (Å²) in [6, 6.07) is 7.86. The van der Waals surface area contributed by atoms with Crippen LogP contribution in [0.25, 0.3) is 0 Å². The number of aromatic nitrogens is 3. The lowest BCUT2D eigenvalue weighted by atomic mass is 9.93. The standard InChI is InChI=1S/C18H25N5O2/c1-25-10-4-9-23-13-21-22-17(23)12-20-18(24)16-6-3-2-5-15(16)14-7-8-19-11-14/h2-3,5-6,13-14,19H,4,7-12H2,1H3,(H,20,24). The quantitative estimate of drug-likeness (QED) is 0.707. The molecule has 25 heavy (non-hydrogen) atoms. The number of nitrogens with zero attached hydrogens (tertiary/aromatic N) is 3. The number of benzene rings is 1. The molecule has 134 valence electrons. The van der Waals surface area contributed by atoms with Crippen LogP contribution in [0.1, 0.15) is 40.5 Å². The minimum Gasteiger partial charge on any atom is -0.385 e. The molecule has 1 amide bonds.